The van der Waals surface area contributed by atoms with Crippen LogP contribution in [0, 0.1) is 5.82 Å². The number of methoxy groups -OCH3 is 1. The summed E-state index contributed by atoms with van der Waals surface area (Å²) in [5.74, 6) is -3.47. The first kappa shape index (κ1) is 17.1. The Labute approximate surface area is 120 Å². The monoisotopic (exact) mass is 319 g/mol. The van der Waals surface area contributed by atoms with Crippen molar-refractivity contribution in [2.75, 3.05) is 7.11 Å². The predicted molar refractivity (Wildman–Crippen MR) is 69.8 cm³/mol. The van der Waals surface area contributed by atoms with E-state index in [1.165, 1.54) is 13.8 Å². The van der Waals surface area contributed by atoms with Gasteiger partial charge in [0.05, 0.1) is 12.7 Å². The van der Waals surface area contributed by atoms with Gasteiger partial charge in [0.1, 0.15) is 16.3 Å². The van der Waals surface area contributed by atoms with Crippen LogP contribution in [0.1, 0.15) is 24.2 Å². The highest BCUT2D eigenvalue weighted by Crippen LogP contribution is 2.19. The van der Waals surface area contributed by atoms with E-state index in [1.54, 1.807) is 0 Å². The molecule has 0 aliphatic heterocycles. The molecule has 0 spiro atoms. The quantitative estimate of drug-likeness (QED) is 0.775. The third-order valence-corrected chi connectivity index (χ3v) is 4.24. The Morgan fingerprint density at radius 3 is 2.33 bits per heavy atom. The highest BCUT2D eigenvalue weighted by atomic mass is 32.2. The summed E-state index contributed by atoms with van der Waals surface area (Å²) in [5, 5.41) is 8.70. The number of halogens is 1. The van der Waals surface area contributed by atoms with Crippen molar-refractivity contribution in [2.24, 2.45) is 0 Å². The number of sulfonamides is 1. The molecule has 0 amide bonds. The Balaban J connectivity index is 3.21. The van der Waals surface area contributed by atoms with Crippen molar-refractivity contribution in [2.45, 2.75) is 24.3 Å². The molecular weight excluding hydrogens is 305 g/mol. The summed E-state index contributed by atoms with van der Waals surface area (Å²) in [6.45, 7) is 2.50. The van der Waals surface area contributed by atoms with E-state index >= 15 is 0 Å². The minimum atomic E-state index is -4.36. The molecule has 0 aliphatic carbocycles. The van der Waals surface area contributed by atoms with Gasteiger partial charge in [-0.1, -0.05) is 0 Å². The van der Waals surface area contributed by atoms with Gasteiger partial charge in [-0.25, -0.2) is 17.6 Å². The van der Waals surface area contributed by atoms with Gasteiger partial charge in [0.2, 0.25) is 10.0 Å². The lowest BCUT2D eigenvalue weighted by atomic mass is 10.1. The van der Waals surface area contributed by atoms with Crippen molar-refractivity contribution in [1.29, 1.82) is 0 Å². The highest BCUT2D eigenvalue weighted by molar-refractivity contribution is 7.89. The second kappa shape index (κ2) is 5.78. The lowest BCUT2D eigenvalue weighted by Crippen LogP contribution is -2.50. The van der Waals surface area contributed by atoms with E-state index < -0.39 is 43.8 Å². The Morgan fingerprint density at radius 2 is 1.90 bits per heavy atom. The van der Waals surface area contributed by atoms with Crippen molar-refractivity contribution < 1.29 is 32.2 Å². The van der Waals surface area contributed by atoms with Gasteiger partial charge in [-0.3, -0.25) is 4.79 Å². The molecule has 9 heteroatoms. The van der Waals surface area contributed by atoms with Crippen LogP contribution in [0.15, 0.2) is 23.1 Å². The number of carbonyl (C=O) groups is 2. The summed E-state index contributed by atoms with van der Waals surface area (Å²) >= 11 is 0. The minimum Gasteiger partial charge on any atom is -0.478 e. The molecule has 0 atom stereocenters. The lowest BCUT2D eigenvalue weighted by Gasteiger charge is -2.22. The number of esters is 1. The third-order valence-electron chi connectivity index (χ3n) is 2.55. The van der Waals surface area contributed by atoms with E-state index in [-0.39, 0.29) is 0 Å². The number of carboxylic acids is 1. The molecule has 1 aromatic rings. The average molecular weight is 319 g/mol. The van der Waals surface area contributed by atoms with Gasteiger partial charge < -0.3 is 9.84 Å². The zero-order valence-corrected chi connectivity index (χ0v) is 12.3. The molecule has 0 heterocycles. The summed E-state index contributed by atoms with van der Waals surface area (Å²) in [7, 11) is -3.28. The smallest absolute Gasteiger partial charge is 0.335 e. The Morgan fingerprint density at radius 1 is 1.33 bits per heavy atom. The summed E-state index contributed by atoms with van der Waals surface area (Å²) in [4.78, 5) is 21.4. The molecule has 7 nitrogen and oxygen atoms in total. The van der Waals surface area contributed by atoms with E-state index in [0.717, 1.165) is 19.2 Å². The zero-order chi connectivity index (χ0) is 16.4. The number of carboxylic acid groups (broad SMARTS) is 1. The van der Waals surface area contributed by atoms with Crippen LogP contribution in [0.2, 0.25) is 0 Å². The number of nitrogens with one attached hydrogen (secondary N) is 1. The molecule has 0 radical (unpaired) electrons. The normalized spacial score (nSPS) is 12.0. The molecule has 0 bridgehead atoms. The average Bonchev–Trinajstić information content (AvgIpc) is 2.35. The number of rotatable bonds is 5. The number of aromatic carboxylic acids is 1. The van der Waals surface area contributed by atoms with Crippen molar-refractivity contribution >= 4 is 22.0 Å². The van der Waals surface area contributed by atoms with Gasteiger partial charge >= 0.3 is 11.9 Å². The highest BCUT2D eigenvalue weighted by Gasteiger charge is 2.35. The second-order valence-electron chi connectivity index (χ2n) is 4.67. The number of hydrogen-bond donors (Lipinski definition) is 2. The van der Waals surface area contributed by atoms with Crippen molar-refractivity contribution in [1.82, 2.24) is 4.72 Å². The molecule has 116 valence electrons. The number of hydrogen-bond acceptors (Lipinski definition) is 5. The van der Waals surface area contributed by atoms with Crippen LogP contribution in [0.3, 0.4) is 0 Å². The first-order valence-corrected chi connectivity index (χ1v) is 7.15. The van der Waals surface area contributed by atoms with Crippen molar-refractivity contribution in [3.63, 3.8) is 0 Å². The Kier molecular flexibility index (Phi) is 4.69. The largest absolute Gasteiger partial charge is 0.478 e. The molecule has 0 saturated heterocycles. The summed E-state index contributed by atoms with van der Waals surface area (Å²) in [6, 6.07) is 2.35. The topological polar surface area (TPSA) is 110 Å². The molecule has 0 fully saturated rings. The van der Waals surface area contributed by atoms with Crippen LogP contribution >= 0.6 is 0 Å². The van der Waals surface area contributed by atoms with Gasteiger partial charge in [-0.2, -0.15) is 4.72 Å². The number of carbonyl (C=O) groups excluding carboxylic acids is 1. The molecule has 1 aromatic carbocycles. The minimum absolute atomic E-state index is 0.390. The van der Waals surface area contributed by atoms with Crippen LogP contribution in [-0.4, -0.2) is 38.1 Å². The van der Waals surface area contributed by atoms with Gasteiger partial charge in [-0.05, 0) is 32.0 Å². The Hall–Kier alpha value is -2.00. The summed E-state index contributed by atoms with van der Waals surface area (Å²) in [6.07, 6.45) is 0. The van der Waals surface area contributed by atoms with Crippen molar-refractivity contribution in [3.8, 4) is 0 Å². The van der Waals surface area contributed by atoms with Crippen LogP contribution in [0.25, 0.3) is 0 Å². The van der Waals surface area contributed by atoms with E-state index in [4.69, 9.17) is 5.11 Å². The fourth-order valence-electron chi connectivity index (χ4n) is 1.54. The number of ether oxygens (including phenoxy) is 1. The van der Waals surface area contributed by atoms with Gasteiger partial charge in [-0.15, -0.1) is 0 Å². The maximum Gasteiger partial charge on any atom is 0.335 e. The SMILES string of the molecule is COC(=O)C(C)(C)NS(=O)(=O)c1ccc(C(=O)O)cc1F. The van der Waals surface area contributed by atoms with E-state index in [1.807, 2.05) is 4.72 Å². The fourth-order valence-corrected chi connectivity index (χ4v) is 2.97. The molecular formula is C12H14FNO6S. The molecule has 0 saturated carbocycles. The standard InChI is InChI=1S/C12H14FNO6S/c1-12(2,11(17)20-3)14-21(18,19)9-5-4-7(10(15)16)6-8(9)13/h4-6,14H,1-3H3,(H,15,16). The summed E-state index contributed by atoms with van der Waals surface area (Å²) < 4.78 is 44.3. The molecule has 0 aliphatic rings. The summed E-state index contributed by atoms with van der Waals surface area (Å²) in [5.41, 5.74) is -2.00. The van der Waals surface area contributed by atoms with E-state index in [9.17, 15) is 22.4 Å². The molecule has 1 rings (SSSR count). The van der Waals surface area contributed by atoms with E-state index in [2.05, 4.69) is 4.74 Å². The van der Waals surface area contributed by atoms with Crippen LogP contribution in [0.5, 0.6) is 0 Å². The van der Waals surface area contributed by atoms with Crippen LogP contribution in [-0.2, 0) is 19.6 Å². The third kappa shape index (κ3) is 3.76. The fraction of sp³-hybridized carbons (Fsp3) is 0.333. The van der Waals surface area contributed by atoms with Gasteiger partial charge in [0.25, 0.3) is 0 Å². The molecule has 2 N–H and O–H groups in total. The second-order valence-corrected chi connectivity index (χ2v) is 6.32. The van der Waals surface area contributed by atoms with Crippen LogP contribution < -0.4 is 4.72 Å². The van der Waals surface area contributed by atoms with E-state index in [0.29, 0.717) is 6.07 Å². The molecule has 0 aromatic heterocycles. The molecule has 0 unspecified atom stereocenters. The maximum absolute atomic E-state index is 13.8. The van der Waals surface area contributed by atoms with Crippen LogP contribution in [0.4, 0.5) is 4.39 Å². The predicted octanol–water partition coefficient (Wildman–Crippen LogP) is 0.754. The number of benzene rings is 1. The van der Waals surface area contributed by atoms with Gasteiger partial charge in [0, 0.05) is 0 Å². The first-order chi connectivity index (χ1) is 9.51. The molecule has 21 heavy (non-hydrogen) atoms. The lowest BCUT2D eigenvalue weighted by molar-refractivity contribution is -0.146. The maximum atomic E-state index is 13.8. The van der Waals surface area contributed by atoms with Gasteiger partial charge in [0.15, 0.2) is 0 Å². The van der Waals surface area contributed by atoms with Crippen molar-refractivity contribution in [3.05, 3.63) is 29.6 Å². The zero-order valence-electron chi connectivity index (χ0n) is 11.5. The Bertz CT molecular complexity index is 683. The first-order valence-electron chi connectivity index (χ1n) is 5.66.